The summed E-state index contributed by atoms with van der Waals surface area (Å²) in [4.78, 5) is 24.8. The van der Waals surface area contributed by atoms with E-state index < -0.39 is 36.4 Å². The lowest BCUT2D eigenvalue weighted by Gasteiger charge is -2.27. The highest BCUT2D eigenvalue weighted by Crippen LogP contribution is 2.46. The van der Waals surface area contributed by atoms with Gasteiger partial charge in [-0.05, 0) is 25.3 Å². The van der Waals surface area contributed by atoms with E-state index in [0.717, 1.165) is 30.6 Å². The predicted octanol–water partition coefficient (Wildman–Crippen LogP) is 2.48. The number of carbonyl (C=O) groups excluding carboxylic acids is 1. The van der Waals surface area contributed by atoms with Crippen LogP contribution in [0, 0.1) is 5.41 Å². The standard InChI is InChI=1S/C15H18F3N3O3/c16-15(17,18)14(13(23)24)6-8-20(9-14)12(22)11-5-7-19-21(11)10-3-1-2-4-10/h5,7,10H,1-4,6,8-9H2,(H,23,24)/t14-/m1/s1. The third-order valence-electron chi connectivity index (χ3n) is 5.07. The number of amides is 1. The molecular weight excluding hydrogens is 327 g/mol. The Hall–Kier alpha value is -2.06. The van der Waals surface area contributed by atoms with Crippen LogP contribution >= 0.6 is 0 Å². The maximum atomic E-state index is 13.2. The molecule has 1 atom stereocenters. The van der Waals surface area contributed by atoms with E-state index in [1.807, 2.05) is 0 Å². The lowest BCUT2D eigenvalue weighted by Crippen LogP contribution is -2.47. The van der Waals surface area contributed by atoms with Gasteiger partial charge in [-0.2, -0.15) is 18.3 Å². The van der Waals surface area contributed by atoms with Crippen molar-refractivity contribution in [2.75, 3.05) is 13.1 Å². The maximum absolute atomic E-state index is 13.2. The smallest absolute Gasteiger partial charge is 0.406 e. The van der Waals surface area contributed by atoms with Gasteiger partial charge in [-0.25, -0.2) is 0 Å². The molecular formula is C15H18F3N3O3. The minimum atomic E-state index is -4.90. The zero-order valence-electron chi connectivity index (χ0n) is 12.9. The van der Waals surface area contributed by atoms with E-state index in [9.17, 15) is 22.8 Å². The number of likely N-dealkylation sites (tertiary alicyclic amines) is 1. The molecule has 1 saturated heterocycles. The van der Waals surface area contributed by atoms with Crippen LogP contribution in [0.1, 0.15) is 48.6 Å². The maximum Gasteiger partial charge on any atom is 0.406 e. The molecule has 9 heteroatoms. The van der Waals surface area contributed by atoms with Gasteiger partial charge in [-0.15, -0.1) is 0 Å². The second kappa shape index (κ2) is 5.78. The Balaban J connectivity index is 1.83. The van der Waals surface area contributed by atoms with E-state index in [1.165, 1.54) is 12.3 Å². The highest BCUT2D eigenvalue weighted by Gasteiger charge is 2.64. The first kappa shape index (κ1) is 16.8. The average molecular weight is 345 g/mol. The average Bonchev–Trinajstić information content (AvgIpc) is 3.24. The van der Waals surface area contributed by atoms with Crippen molar-refractivity contribution in [3.63, 3.8) is 0 Å². The fraction of sp³-hybridized carbons (Fsp3) is 0.667. The molecule has 24 heavy (non-hydrogen) atoms. The second-order valence-electron chi connectivity index (χ2n) is 6.46. The summed E-state index contributed by atoms with van der Waals surface area (Å²) in [6.45, 7) is -1.10. The third-order valence-corrected chi connectivity index (χ3v) is 5.07. The number of aromatic nitrogens is 2. The van der Waals surface area contributed by atoms with E-state index in [2.05, 4.69) is 5.10 Å². The molecule has 132 valence electrons. The highest BCUT2D eigenvalue weighted by molar-refractivity contribution is 5.93. The molecule has 1 N–H and O–H groups in total. The summed E-state index contributed by atoms with van der Waals surface area (Å²) in [7, 11) is 0. The van der Waals surface area contributed by atoms with Crippen LogP contribution in [0.5, 0.6) is 0 Å². The molecule has 2 fully saturated rings. The van der Waals surface area contributed by atoms with Gasteiger partial charge in [-0.1, -0.05) is 12.8 Å². The molecule has 0 radical (unpaired) electrons. The summed E-state index contributed by atoms with van der Waals surface area (Å²) in [5.41, 5.74) is -2.66. The van der Waals surface area contributed by atoms with Crippen LogP contribution in [0.4, 0.5) is 13.2 Å². The van der Waals surface area contributed by atoms with Crippen LogP contribution in [-0.4, -0.2) is 50.9 Å². The Morgan fingerprint density at radius 2 is 1.96 bits per heavy atom. The number of halogens is 3. The zero-order chi connectivity index (χ0) is 17.5. The van der Waals surface area contributed by atoms with Gasteiger partial charge in [0.15, 0.2) is 5.41 Å². The fourth-order valence-electron chi connectivity index (χ4n) is 3.60. The number of carbonyl (C=O) groups is 2. The van der Waals surface area contributed by atoms with Crippen LogP contribution in [-0.2, 0) is 4.79 Å². The molecule has 0 bridgehead atoms. The van der Waals surface area contributed by atoms with E-state index in [-0.39, 0.29) is 18.3 Å². The number of nitrogens with zero attached hydrogens (tertiary/aromatic N) is 3. The minimum absolute atomic E-state index is 0.0772. The van der Waals surface area contributed by atoms with Crippen molar-refractivity contribution in [2.45, 2.75) is 44.3 Å². The van der Waals surface area contributed by atoms with Gasteiger partial charge < -0.3 is 10.0 Å². The number of carboxylic acid groups (broad SMARTS) is 1. The van der Waals surface area contributed by atoms with Gasteiger partial charge in [0.2, 0.25) is 0 Å². The van der Waals surface area contributed by atoms with Crippen molar-refractivity contribution in [2.24, 2.45) is 5.41 Å². The number of alkyl halides is 3. The predicted molar refractivity (Wildman–Crippen MR) is 76.4 cm³/mol. The lowest BCUT2D eigenvalue weighted by atomic mass is 9.86. The Morgan fingerprint density at radius 3 is 2.50 bits per heavy atom. The first-order valence-corrected chi connectivity index (χ1v) is 7.89. The topological polar surface area (TPSA) is 75.4 Å². The van der Waals surface area contributed by atoms with Crippen molar-refractivity contribution >= 4 is 11.9 Å². The minimum Gasteiger partial charge on any atom is -0.481 e. The zero-order valence-corrected chi connectivity index (χ0v) is 12.9. The summed E-state index contributed by atoms with van der Waals surface area (Å²) >= 11 is 0. The van der Waals surface area contributed by atoms with Gasteiger partial charge in [-0.3, -0.25) is 14.3 Å². The van der Waals surface area contributed by atoms with Crippen LogP contribution in [0.15, 0.2) is 12.3 Å². The summed E-state index contributed by atoms with van der Waals surface area (Å²) in [6, 6.07) is 1.56. The van der Waals surface area contributed by atoms with E-state index in [1.54, 1.807) is 4.68 Å². The summed E-state index contributed by atoms with van der Waals surface area (Å²) < 4.78 is 41.3. The Labute approximate surface area is 136 Å². The largest absolute Gasteiger partial charge is 0.481 e. The molecule has 2 heterocycles. The van der Waals surface area contributed by atoms with Gasteiger partial charge in [0.25, 0.3) is 5.91 Å². The van der Waals surface area contributed by atoms with E-state index in [4.69, 9.17) is 5.11 Å². The van der Waals surface area contributed by atoms with Crippen LogP contribution < -0.4 is 0 Å². The Kier molecular flexibility index (Phi) is 4.05. The number of carboxylic acids is 1. The molecule has 1 aromatic rings. The van der Waals surface area contributed by atoms with Crippen LogP contribution in [0.2, 0.25) is 0 Å². The fourth-order valence-corrected chi connectivity index (χ4v) is 3.60. The Bertz CT molecular complexity index is 652. The molecule has 0 aromatic carbocycles. The first-order valence-electron chi connectivity index (χ1n) is 7.89. The Morgan fingerprint density at radius 1 is 1.29 bits per heavy atom. The van der Waals surface area contributed by atoms with Crippen molar-refractivity contribution in [3.8, 4) is 0 Å². The number of hydrogen-bond acceptors (Lipinski definition) is 3. The van der Waals surface area contributed by atoms with Crippen molar-refractivity contribution in [3.05, 3.63) is 18.0 Å². The number of hydrogen-bond donors (Lipinski definition) is 1. The van der Waals surface area contributed by atoms with Crippen molar-refractivity contribution in [1.29, 1.82) is 0 Å². The molecule has 0 unspecified atom stereocenters. The quantitative estimate of drug-likeness (QED) is 0.913. The first-order chi connectivity index (χ1) is 11.3. The second-order valence-corrected chi connectivity index (χ2v) is 6.46. The number of rotatable bonds is 3. The van der Waals surface area contributed by atoms with E-state index in [0.29, 0.717) is 0 Å². The molecule has 1 aliphatic heterocycles. The molecule has 1 saturated carbocycles. The molecule has 1 amide bonds. The van der Waals surface area contributed by atoms with Gasteiger partial charge in [0, 0.05) is 19.3 Å². The lowest BCUT2D eigenvalue weighted by molar-refractivity contribution is -0.227. The summed E-state index contributed by atoms with van der Waals surface area (Å²) in [5, 5.41) is 13.2. The van der Waals surface area contributed by atoms with Gasteiger partial charge in [0.05, 0.1) is 6.04 Å². The molecule has 0 spiro atoms. The monoisotopic (exact) mass is 345 g/mol. The summed E-state index contributed by atoms with van der Waals surface area (Å²) in [5.74, 6) is -2.53. The SMILES string of the molecule is O=C(c1ccnn1C1CCCC1)N1CC[C@@](C(=O)O)(C(F)(F)F)C1. The van der Waals surface area contributed by atoms with E-state index >= 15 is 0 Å². The summed E-state index contributed by atoms with van der Waals surface area (Å²) in [6.07, 6.45) is -0.270. The normalized spacial score (nSPS) is 25.4. The highest BCUT2D eigenvalue weighted by atomic mass is 19.4. The molecule has 1 aliphatic carbocycles. The van der Waals surface area contributed by atoms with Gasteiger partial charge >= 0.3 is 12.1 Å². The third kappa shape index (κ3) is 2.55. The van der Waals surface area contributed by atoms with Crippen LogP contribution in [0.3, 0.4) is 0 Å². The molecule has 6 nitrogen and oxygen atoms in total. The van der Waals surface area contributed by atoms with Crippen molar-refractivity contribution < 1.29 is 27.9 Å². The van der Waals surface area contributed by atoms with Gasteiger partial charge in [0.1, 0.15) is 5.69 Å². The number of aliphatic carboxylic acids is 1. The molecule has 1 aromatic heterocycles. The van der Waals surface area contributed by atoms with Crippen molar-refractivity contribution in [1.82, 2.24) is 14.7 Å². The molecule has 3 rings (SSSR count). The van der Waals surface area contributed by atoms with Crippen LogP contribution in [0.25, 0.3) is 0 Å². The molecule has 2 aliphatic rings.